The largest absolute Gasteiger partial charge is 0.455 e. The summed E-state index contributed by atoms with van der Waals surface area (Å²) in [5.41, 5.74) is 0.777. The molecule has 4 aromatic rings. The number of hydrogen-bond donors (Lipinski definition) is 0. The fraction of sp³-hybridized carbons (Fsp3) is 0.0556. The molecular weight excluding hydrogens is 334 g/mol. The zero-order valence-electron chi connectivity index (χ0n) is 13.5. The van der Waals surface area contributed by atoms with Crippen molar-refractivity contribution in [2.75, 3.05) is 0 Å². The quantitative estimate of drug-likeness (QED) is 0.547. The summed E-state index contributed by atoms with van der Waals surface area (Å²) in [6.07, 6.45) is 6.43. The predicted octanol–water partition coefficient (Wildman–Crippen LogP) is 2.53. The maximum Gasteiger partial charge on any atom is 0.442 e. The Labute approximate surface area is 147 Å². The van der Waals surface area contributed by atoms with Crippen LogP contribution < -0.4 is 10.5 Å². The number of hydrogen-bond acceptors (Lipinski definition) is 7. The lowest BCUT2D eigenvalue weighted by Crippen LogP contribution is -2.17. The first-order valence-corrected chi connectivity index (χ1v) is 7.81. The van der Waals surface area contributed by atoms with Crippen molar-refractivity contribution in [3.8, 4) is 23.1 Å². The van der Waals surface area contributed by atoms with Crippen molar-refractivity contribution in [1.29, 1.82) is 0 Å². The molecule has 0 bridgehead atoms. The van der Waals surface area contributed by atoms with E-state index in [2.05, 4.69) is 20.1 Å². The second-order valence-corrected chi connectivity index (χ2v) is 5.33. The van der Waals surface area contributed by atoms with Gasteiger partial charge in [-0.3, -0.25) is 9.51 Å². The van der Waals surface area contributed by atoms with Gasteiger partial charge in [0, 0.05) is 24.2 Å². The molecule has 0 amide bonds. The number of nitrogens with zero attached hydrogens (tertiary/aromatic N) is 5. The Morgan fingerprint density at radius 2 is 1.85 bits per heavy atom. The Kier molecular flexibility index (Phi) is 4.21. The molecule has 26 heavy (non-hydrogen) atoms. The first-order valence-electron chi connectivity index (χ1n) is 7.81. The average molecular weight is 347 g/mol. The molecule has 0 saturated carbocycles. The molecule has 3 heterocycles. The van der Waals surface area contributed by atoms with Gasteiger partial charge in [-0.15, -0.1) is 0 Å². The topological polar surface area (TPSA) is 95.9 Å². The summed E-state index contributed by atoms with van der Waals surface area (Å²) in [5.74, 6) is 1.18. The van der Waals surface area contributed by atoms with E-state index < -0.39 is 5.76 Å². The molecule has 0 N–H and O–H groups in total. The lowest BCUT2D eigenvalue weighted by atomic mass is 10.2. The van der Waals surface area contributed by atoms with Gasteiger partial charge in [0.1, 0.15) is 11.5 Å². The third-order valence-corrected chi connectivity index (χ3v) is 3.62. The van der Waals surface area contributed by atoms with Gasteiger partial charge < -0.3 is 4.74 Å². The van der Waals surface area contributed by atoms with E-state index in [4.69, 9.17) is 9.26 Å². The van der Waals surface area contributed by atoms with Crippen LogP contribution in [-0.4, -0.2) is 24.7 Å². The van der Waals surface area contributed by atoms with E-state index in [9.17, 15) is 4.79 Å². The van der Waals surface area contributed by atoms with E-state index in [0.717, 1.165) is 5.56 Å². The van der Waals surface area contributed by atoms with Crippen molar-refractivity contribution in [2.24, 2.45) is 0 Å². The summed E-state index contributed by atoms with van der Waals surface area (Å²) < 4.78 is 12.1. The third kappa shape index (κ3) is 3.20. The molecule has 0 atom stereocenters. The summed E-state index contributed by atoms with van der Waals surface area (Å²) in [5, 5.41) is 3.80. The second kappa shape index (κ2) is 6.98. The van der Waals surface area contributed by atoms with Crippen LogP contribution in [-0.2, 0) is 6.54 Å². The van der Waals surface area contributed by atoms with Gasteiger partial charge in [0.25, 0.3) is 0 Å². The van der Waals surface area contributed by atoms with Crippen LogP contribution >= 0.6 is 0 Å². The second-order valence-electron chi connectivity index (χ2n) is 5.33. The van der Waals surface area contributed by atoms with Gasteiger partial charge in [-0.25, -0.2) is 19.3 Å². The highest BCUT2D eigenvalue weighted by molar-refractivity contribution is 5.43. The molecule has 8 nitrogen and oxygen atoms in total. The number of para-hydroxylation sites is 1. The number of benzene rings is 1. The Morgan fingerprint density at radius 3 is 2.65 bits per heavy atom. The molecule has 0 fully saturated rings. The summed E-state index contributed by atoms with van der Waals surface area (Å²) in [6, 6.07) is 12.7. The lowest BCUT2D eigenvalue weighted by Gasteiger charge is -2.11. The van der Waals surface area contributed by atoms with Crippen molar-refractivity contribution in [2.45, 2.75) is 6.54 Å². The Bertz CT molecular complexity index is 1060. The molecule has 4 rings (SSSR count). The maximum atomic E-state index is 12.1. The van der Waals surface area contributed by atoms with Crippen molar-refractivity contribution >= 4 is 0 Å². The SMILES string of the molecule is O=c1onc(-c2ncccn2)n1Cc1ccccc1Oc1cccnc1. The van der Waals surface area contributed by atoms with Crippen molar-refractivity contribution in [3.63, 3.8) is 0 Å². The van der Waals surface area contributed by atoms with Gasteiger partial charge in [0.2, 0.25) is 5.82 Å². The zero-order valence-corrected chi connectivity index (χ0v) is 13.5. The summed E-state index contributed by atoms with van der Waals surface area (Å²) >= 11 is 0. The van der Waals surface area contributed by atoms with Crippen LogP contribution in [0.25, 0.3) is 11.6 Å². The van der Waals surface area contributed by atoms with Crippen molar-refractivity contribution in [1.82, 2.24) is 24.7 Å². The molecule has 0 saturated heterocycles. The van der Waals surface area contributed by atoms with Crippen LogP contribution in [0, 0.1) is 0 Å². The van der Waals surface area contributed by atoms with E-state index in [-0.39, 0.29) is 12.4 Å². The number of aromatic nitrogens is 5. The minimum Gasteiger partial charge on any atom is -0.455 e. The van der Waals surface area contributed by atoms with E-state index in [1.807, 2.05) is 24.3 Å². The fourth-order valence-corrected chi connectivity index (χ4v) is 2.42. The van der Waals surface area contributed by atoms with E-state index >= 15 is 0 Å². The molecule has 0 aliphatic rings. The molecule has 3 aromatic heterocycles. The van der Waals surface area contributed by atoms with E-state index in [1.165, 1.54) is 4.57 Å². The van der Waals surface area contributed by atoms with Crippen molar-refractivity contribution < 1.29 is 9.26 Å². The number of rotatable bonds is 5. The summed E-state index contributed by atoms with van der Waals surface area (Å²) in [7, 11) is 0. The van der Waals surface area contributed by atoms with Gasteiger partial charge >= 0.3 is 5.76 Å². The average Bonchev–Trinajstić information content (AvgIpc) is 3.05. The highest BCUT2D eigenvalue weighted by Crippen LogP contribution is 2.25. The lowest BCUT2D eigenvalue weighted by molar-refractivity contribution is 0.377. The van der Waals surface area contributed by atoms with Gasteiger partial charge in [-0.2, -0.15) is 0 Å². The Hall–Kier alpha value is -3.81. The minimum atomic E-state index is -0.594. The highest BCUT2D eigenvalue weighted by atomic mass is 16.5. The van der Waals surface area contributed by atoms with Crippen LogP contribution in [0.5, 0.6) is 11.5 Å². The van der Waals surface area contributed by atoms with Crippen LogP contribution in [0.4, 0.5) is 0 Å². The summed E-state index contributed by atoms with van der Waals surface area (Å²) in [6.45, 7) is 0.201. The number of ether oxygens (including phenoxy) is 1. The monoisotopic (exact) mass is 347 g/mol. The Morgan fingerprint density at radius 1 is 1.00 bits per heavy atom. The Balaban J connectivity index is 1.69. The normalized spacial score (nSPS) is 10.6. The molecule has 0 spiro atoms. The first kappa shape index (κ1) is 15.7. The molecule has 0 aliphatic carbocycles. The van der Waals surface area contributed by atoms with Crippen LogP contribution in [0.2, 0.25) is 0 Å². The number of pyridine rings is 1. The molecular formula is C18H13N5O3. The standard InChI is InChI=1S/C18H13N5O3/c24-18-23(17(22-26-18)16-20-9-4-10-21-16)12-13-5-1-2-7-15(13)25-14-6-3-8-19-11-14/h1-11H,12H2. The zero-order chi connectivity index (χ0) is 17.8. The molecule has 0 unspecified atom stereocenters. The molecule has 8 heteroatoms. The maximum absolute atomic E-state index is 12.1. The van der Waals surface area contributed by atoms with Crippen LogP contribution in [0.3, 0.4) is 0 Å². The minimum absolute atomic E-state index is 0.201. The molecule has 0 aliphatic heterocycles. The van der Waals surface area contributed by atoms with Gasteiger partial charge in [-0.1, -0.05) is 23.4 Å². The first-order chi connectivity index (χ1) is 12.8. The van der Waals surface area contributed by atoms with Gasteiger partial charge in [0.15, 0.2) is 5.82 Å². The van der Waals surface area contributed by atoms with Crippen LogP contribution in [0.1, 0.15) is 5.56 Å². The molecule has 128 valence electrons. The van der Waals surface area contributed by atoms with Crippen molar-refractivity contribution in [3.05, 3.63) is 83.4 Å². The summed E-state index contributed by atoms with van der Waals surface area (Å²) in [4.78, 5) is 24.4. The van der Waals surface area contributed by atoms with Gasteiger partial charge in [0.05, 0.1) is 12.7 Å². The van der Waals surface area contributed by atoms with Gasteiger partial charge in [-0.05, 0) is 24.3 Å². The van der Waals surface area contributed by atoms with E-state index in [0.29, 0.717) is 17.3 Å². The predicted molar refractivity (Wildman–Crippen MR) is 91.6 cm³/mol. The molecule has 0 radical (unpaired) electrons. The smallest absolute Gasteiger partial charge is 0.442 e. The fourth-order valence-electron chi connectivity index (χ4n) is 2.42. The highest BCUT2D eigenvalue weighted by Gasteiger charge is 2.17. The third-order valence-electron chi connectivity index (χ3n) is 3.62. The van der Waals surface area contributed by atoms with E-state index in [1.54, 1.807) is 43.0 Å². The molecule has 1 aromatic carbocycles. The van der Waals surface area contributed by atoms with Crippen LogP contribution in [0.15, 0.2) is 76.6 Å².